The monoisotopic (exact) mass is 791 g/mol. The normalized spacial score (nSPS) is 13.4. The van der Waals surface area contributed by atoms with Crippen LogP contribution in [0.5, 0.6) is 11.5 Å². The van der Waals surface area contributed by atoms with Crippen LogP contribution < -0.4 is 9.64 Å². The van der Waals surface area contributed by atoms with Gasteiger partial charge in [0.25, 0.3) is 0 Å². The summed E-state index contributed by atoms with van der Waals surface area (Å²) in [5.74, 6) is 1.69. The molecule has 1 aliphatic heterocycles. The lowest BCUT2D eigenvalue weighted by molar-refractivity contribution is 0.477. The van der Waals surface area contributed by atoms with Crippen LogP contribution in [-0.4, -0.2) is 0 Å². The molecule has 2 aliphatic rings. The smallest absolute Gasteiger partial charge is 0.152 e. The van der Waals surface area contributed by atoms with E-state index in [1.54, 1.807) is 0 Å². The molecule has 12 rings (SSSR count). The second kappa shape index (κ2) is 14.4. The van der Waals surface area contributed by atoms with Crippen LogP contribution >= 0.6 is 0 Å². The minimum absolute atomic E-state index is 0.430. The largest absolute Gasteiger partial charge is 0.453 e. The molecule has 0 unspecified atom stereocenters. The van der Waals surface area contributed by atoms with Gasteiger partial charge in [-0.25, -0.2) is 0 Å². The lowest BCUT2D eigenvalue weighted by Crippen LogP contribution is -2.28. The SMILES string of the molecule is Cc1ccc(N2c3ccccc3Oc3cc(-c4ccc(/C=C/c5ccc(-c6cc7c8c(ccc9cccc(c98)C7(c7ccccc7)c7ccccc7)c6)cc5)cc4)ccc32)cc1. The number of ether oxygens (including phenoxy) is 1. The van der Waals surface area contributed by atoms with Crippen LogP contribution in [0.3, 0.4) is 0 Å². The lowest BCUT2D eigenvalue weighted by atomic mass is 9.67. The van der Waals surface area contributed by atoms with Crippen molar-refractivity contribution in [3.8, 4) is 33.8 Å². The van der Waals surface area contributed by atoms with Crippen molar-refractivity contribution in [2.45, 2.75) is 12.3 Å². The lowest BCUT2D eigenvalue weighted by Gasteiger charge is -2.34. The average Bonchev–Trinajstić information content (AvgIpc) is 3.64. The minimum atomic E-state index is -0.430. The molecule has 0 saturated carbocycles. The Labute approximate surface area is 362 Å². The first-order chi connectivity index (χ1) is 30.6. The molecule has 0 amide bonds. The number of nitrogens with zero attached hydrogens (tertiary/aromatic N) is 1. The van der Waals surface area contributed by atoms with Gasteiger partial charge in [0.1, 0.15) is 0 Å². The molecule has 1 heterocycles. The predicted molar refractivity (Wildman–Crippen MR) is 259 cm³/mol. The summed E-state index contributed by atoms with van der Waals surface area (Å²) in [4.78, 5) is 2.28. The zero-order valence-electron chi connectivity index (χ0n) is 34.3. The second-order valence-corrected chi connectivity index (χ2v) is 16.6. The van der Waals surface area contributed by atoms with Crippen LogP contribution in [0.4, 0.5) is 17.1 Å². The maximum absolute atomic E-state index is 6.50. The summed E-state index contributed by atoms with van der Waals surface area (Å²) in [6, 6.07) is 79.6. The minimum Gasteiger partial charge on any atom is -0.453 e. The number of anilines is 3. The zero-order valence-corrected chi connectivity index (χ0v) is 34.3. The van der Waals surface area contributed by atoms with Gasteiger partial charge in [-0.1, -0.05) is 188 Å². The molecule has 0 N–H and O–H groups in total. The summed E-state index contributed by atoms with van der Waals surface area (Å²) < 4.78 is 6.50. The van der Waals surface area contributed by atoms with E-state index in [2.05, 4.69) is 230 Å². The van der Waals surface area contributed by atoms with Crippen LogP contribution in [0.25, 0.3) is 56.0 Å². The van der Waals surface area contributed by atoms with E-state index in [4.69, 9.17) is 4.74 Å². The van der Waals surface area contributed by atoms with Crippen molar-refractivity contribution >= 4 is 50.8 Å². The Hall–Kier alpha value is -7.94. The molecule has 0 bridgehead atoms. The quantitative estimate of drug-likeness (QED) is 0.118. The van der Waals surface area contributed by atoms with E-state index in [1.165, 1.54) is 60.5 Å². The standard InChI is InChI=1S/C60H41NO/c1-40-19-34-51(35-20-40)61-54-17-8-9-18-56(54)62-57-39-46(33-36-55(57)61)43-27-23-41(24-28-43)21-22-42-25-29-44(30-26-42)48-37-47-32-31-45-11-10-16-52-58(45)59(47)53(38-48)60(52,49-12-4-2-5-13-49)50-14-6-3-7-15-50/h2-39H,1H3/b22-21+. The highest BCUT2D eigenvalue weighted by Gasteiger charge is 2.45. The molecule has 292 valence electrons. The van der Waals surface area contributed by atoms with Crippen molar-refractivity contribution in [3.63, 3.8) is 0 Å². The molecular weight excluding hydrogens is 751 g/mol. The first kappa shape index (κ1) is 36.0. The summed E-state index contributed by atoms with van der Waals surface area (Å²) in [5, 5.41) is 5.28. The second-order valence-electron chi connectivity index (χ2n) is 16.6. The number of benzene rings is 10. The number of para-hydroxylation sites is 2. The van der Waals surface area contributed by atoms with E-state index in [1.807, 2.05) is 12.1 Å². The highest BCUT2D eigenvalue weighted by atomic mass is 16.5. The zero-order chi connectivity index (χ0) is 41.2. The van der Waals surface area contributed by atoms with E-state index in [0.29, 0.717) is 0 Å². The van der Waals surface area contributed by atoms with Gasteiger partial charge in [-0.3, -0.25) is 0 Å². The number of fused-ring (bicyclic) bond motifs is 2. The summed E-state index contributed by atoms with van der Waals surface area (Å²) in [6.45, 7) is 2.12. The van der Waals surface area contributed by atoms with Crippen molar-refractivity contribution in [2.75, 3.05) is 4.90 Å². The van der Waals surface area contributed by atoms with Gasteiger partial charge in [-0.2, -0.15) is 0 Å². The van der Waals surface area contributed by atoms with Crippen LogP contribution in [0.1, 0.15) is 38.9 Å². The molecule has 0 aromatic heterocycles. The maximum Gasteiger partial charge on any atom is 0.152 e. The predicted octanol–water partition coefficient (Wildman–Crippen LogP) is 16.1. The molecular formula is C60H41NO. The highest BCUT2D eigenvalue weighted by Crippen LogP contribution is 2.57. The van der Waals surface area contributed by atoms with E-state index < -0.39 is 5.41 Å². The van der Waals surface area contributed by atoms with Gasteiger partial charge in [-0.05, 0) is 133 Å². The maximum atomic E-state index is 6.50. The first-order valence-corrected chi connectivity index (χ1v) is 21.4. The topological polar surface area (TPSA) is 12.5 Å². The molecule has 0 radical (unpaired) electrons. The van der Waals surface area contributed by atoms with Gasteiger partial charge in [0.2, 0.25) is 0 Å². The molecule has 10 aromatic rings. The Balaban J connectivity index is 0.838. The van der Waals surface area contributed by atoms with Crippen molar-refractivity contribution < 1.29 is 4.74 Å². The Morgan fingerprint density at radius 3 is 1.68 bits per heavy atom. The number of rotatable bonds is 7. The number of hydrogen-bond acceptors (Lipinski definition) is 2. The summed E-state index contributed by atoms with van der Waals surface area (Å²) in [7, 11) is 0. The van der Waals surface area contributed by atoms with Crippen LogP contribution in [-0.2, 0) is 5.41 Å². The van der Waals surface area contributed by atoms with Gasteiger partial charge in [0.05, 0.1) is 16.8 Å². The van der Waals surface area contributed by atoms with Gasteiger partial charge >= 0.3 is 0 Å². The van der Waals surface area contributed by atoms with Crippen molar-refractivity contribution in [3.05, 3.63) is 257 Å². The number of hydrogen-bond donors (Lipinski definition) is 0. The Bertz CT molecular complexity index is 3310. The molecule has 0 fully saturated rings. The van der Waals surface area contributed by atoms with E-state index in [0.717, 1.165) is 50.8 Å². The van der Waals surface area contributed by atoms with Gasteiger partial charge in [0, 0.05) is 5.69 Å². The van der Waals surface area contributed by atoms with Crippen LogP contribution in [0.2, 0.25) is 0 Å². The van der Waals surface area contributed by atoms with E-state index in [9.17, 15) is 0 Å². The molecule has 62 heavy (non-hydrogen) atoms. The fourth-order valence-electron chi connectivity index (χ4n) is 10.0. The fourth-order valence-corrected chi connectivity index (χ4v) is 10.0. The molecule has 2 nitrogen and oxygen atoms in total. The van der Waals surface area contributed by atoms with Crippen molar-refractivity contribution in [2.24, 2.45) is 0 Å². The molecule has 10 aromatic carbocycles. The van der Waals surface area contributed by atoms with Crippen molar-refractivity contribution in [1.29, 1.82) is 0 Å². The molecule has 0 spiro atoms. The Morgan fingerprint density at radius 2 is 0.984 bits per heavy atom. The van der Waals surface area contributed by atoms with Crippen molar-refractivity contribution in [1.82, 2.24) is 0 Å². The van der Waals surface area contributed by atoms with E-state index in [-0.39, 0.29) is 0 Å². The summed E-state index contributed by atoms with van der Waals surface area (Å²) in [5.41, 5.74) is 16.2. The van der Waals surface area contributed by atoms with Gasteiger partial charge in [0.15, 0.2) is 11.5 Å². The summed E-state index contributed by atoms with van der Waals surface area (Å²) in [6.07, 6.45) is 4.39. The number of aryl methyl sites for hydroxylation is 1. The van der Waals surface area contributed by atoms with Crippen LogP contribution in [0, 0.1) is 6.92 Å². The molecule has 0 atom stereocenters. The third-order valence-electron chi connectivity index (χ3n) is 13.0. The third kappa shape index (κ3) is 5.72. The fraction of sp³-hybridized carbons (Fsp3) is 0.0333. The van der Waals surface area contributed by atoms with E-state index >= 15 is 0 Å². The highest BCUT2D eigenvalue weighted by molar-refractivity contribution is 6.17. The average molecular weight is 792 g/mol. The van der Waals surface area contributed by atoms with Gasteiger partial charge in [-0.15, -0.1) is 0 Å². The summed E-state index contributed by atoms with van der Waals surface area (Å²) >= 11 is 0. The molecule has 0 saturated heterocycles. The Kier molecular flexibility index (Phi) is 8.33. The van der Waals surface area contributed by atoms with Gasteiger partial charge < -0.3 is 9.64 Å². The molecule has 1 aliphatic carbocycles. The first-order valence-electron chi connectivity index (χ1n) is 21.4. The van der Waals surface area contributed by atoms with Crippen LogP contribution in [0.15, 0.2) is 218 Å². The third-order valence-corrected chi connectivity index (χ3v) is 13.0. The molecule has 2 heteroatoms. The Morgan fingerprint density at radius 1 is 0.403 bits per heavy atom.